The number of nitrogens with one attached hydrogen (secondary N) is 1. The van der Waals surface area contributed by atoms with E-state index in [0.29, 0.717) is 5.56 Å². The third-order valence-corrected chi connectivity index (χ3v) is 3.48. The van der Waals surface area contributed by atoms with Crippen LogP contribution in [0.15, 0.2) is 18.3 Å². The number of carbonyl (C=O) groups is 2. The minimum absolute atomic E-state index is 0.0368. The number of amides is 2. The second-order valence-corrected chi connectivity index (χ2v) is 5.07. The van der Waals surface area contributed by atoms with E-state index in [1.165, 1.54) is 0 Å². The highest BCUT2D eigenvalue weighted by Gasteiger charge is 2.27. The molecule has 0 atom stereocenters. The highest BCUT2D eigenvalue weighted by molar-refractivity contribution is 5.96. The predicted octanol–water partition coefficient (Wildman–Crippen LogP) is 0.0695. The van der Waals surface area contributed by atoms with Gasteiger partial charge >= 0.3 is 0 Å². The first-order chi connectivity index (χ1) is 9.58. The molecule has 1 aromatic rings. The van der Waals surface area contributed by atoms with Gasteiger partial charge in [-0.15, -0.1) is 0 Å². The molecule has 1 aliphatic rings. The molecule has 0 unspecified atom stereocenters. The standard InChI is InChI=1S/C14H20N4O2/c1-10-8-11(2-7-17-10)14(20)18(9-13(15)19)12-3-5-16-6-4-12/h2,7-8,12,16H,3-6,9H2,1H3,(H2,15,19). The van der Waals surface area contributed by atoms with Crippen LogP contribution in [0, 0.1) is 6.92 Å². The summed E-state index contributed by atoms with van der Waals surface area (Å²) in [4.78, 5) is 29.5. The molecule has 0 saturated carbocycles. The fraction of sp³-hybridized carbons (Fsp3) is 0.500. The molecule has 2 heterocycles. The Balaban J connectivity index is 2.20. The average Bonchev–Trinajstić information content (AvgIpc) is 2.45. The van der Waals surface area contributed by atoms with Crippen LogP contribution in [0.4, 0.5) is 0 Å². The van der Waals surface area contributed by atoms with Crippen LogP contribution in [0.3, 0.4) is 0 Å². The highest BCUT2D eigenvalue weighted by atomic mass is 16.2. The number of piperidine rings is 1. The van der Waals surface area contributed by atoms with E-state index < -0.39 is 5.91 Å². The minimum atomic E-state index is -0.484. The molecule has 6 heteroatoms. The summed E-state index contributed by atoms with van der Waals surface area (Å²) in [6.07, 6.45) is 3.28. The topological polar surface area (TPSA) is 88.3 Å². The van der Waals surface area contributed by atoms with Crippen molar-refractivity contribution in [2.24, 2.45) is 5.73 Å². The lowest BCUT2D eigenvalue weighted by Gasteiger charge is -2.34. The molecule has 20 heavy (non-hydrogen) atoms. The fourth-order valence-corrected chi connectivity index (χ4v) is 2.50. The zero-order valence-electron chi connectivity index (χ0n) is 11.6. The maximum Gasteiger partial charge on any atom is 0.254 e. The molecule has 2 amide bonds. The maximum atomic E-state index is 12.6. The van der Waals surface area contributed by atoms with E-state index >= 15 is 0 Å². The van der Waals surface area contributed by atoms with Crippen LogP contribution in [0.25, 0.3) is 0 Å². The minimum Gasteiger partial charge on any atom is -0.368 e. The number of rotatable bonds is 4. The molecule has 1 saturated heterocycles. The number of pyridine rings is 1. The van der Waals surface area contributed by atoms with Crippen molar-refractivity contribution in [1.29, 1.82) is 0 Å². The largest absolute Gasteiger partial charge is 0.368 e. The van der Waals surface area contributed by atoms with Gasteiger partial charge in [-0.25, -0.2) is 0 Å². The molecule has 1 fully saturated rings. The van der Waals surface area contributed by atoms with Crippen molar-refractivity contribution < 1.29 is 9.59 Å². The zero-order chi connectivity index (χ0) is 14.5. The van der Waals surface area contributed by atoms with E-state index in [-0.39, 0.29) is 18.5 Å². The van der Waals surface area contributed by atoms with E-state index in [1.807, 2.05) is 6.92 Å². The van der Waals surface area contributed by atoms with Crippen LogP contribution >= 0.6 is 0 Å². The van der Waals surface area contributed by atoms with Gasteiger partial charge in [0.05, 0.1) is 6.54 Å². The van der Waals surface area contributed by atoms with Crippen molar-refractivity contribution in [2.45, 2.75) is 25.8 Å². The van der Waals surface area contributed by atoms with Crippen molar-refractivity contribution in [3.05, 3.63) is 29.6 Å². The zero-order valence-corrected chi connectivity index (χ0v) is 11.6. The van der Waals surface area contributed by atoms with Gasteiger partial charge in [-0.3, -0.25) is 14.6 Å². The van der Waals surface area contributed by atoms with Gasteiger partial charge in [0.2, 0.25) is 5.91 Å². The molecule has 3 N–H and O–H groups in total. The van der Waals surface area contributed by atoms with Crippen LogP contribution in [0.1, 0.15) is 28.9 Å². The molecular weight excluding hydrogens is 256 g/mol. The molecule has 6 nitrogen and oxygen atoms in total. The Morgan fingerprint density at radius 2 is 2.15 bits per heavy atom. The first-order valence-corrected chi connectivity index (χ1v) is 6.80. The second kappa shape index (κ2) is 6.47. The Morgan fingerprint density at radius 1 is 1.45 bits per heavy atom. The molecule has 0 spiro atoms. The molecule has 0 aromatic carbocycles. The number of aryl methyl sites for hydroxylation is 1. The highest BCUT2D eigenvalue weighted by Crippen LogP contribution is 2.15. The number of nitrogens with zero attached hydrogens (tertiary/aromatic N) is 2. The number of primary amides is 1. The smallest absolute Gasteiger partial charge is 0.254 e. The van der Waals surface area contributed by atoms with Crippen LogP contribution < -0.4 is 11.1 Å². The van der Waals surface area contributed by atoms with Gasteiger partial charge in [0.1, 0.15) is 0 Å². The molecule has 1 aliphatic heterocycles. The fourth-order valence-electron chi connectivity index (χ4n) is 2.50. The van der Waals surface area contributed by atoms with Crippen LogP contribution in [0.2, 0.25) is 0 Å². The quantitative estimate of drug-likeness (QED) is 0.814. The van der Waals surface area contributed by atoms with Crippen molar-refractivity contribution >= 4 is 11.8 Å². The summed E-state index contributed by atoms with van der Waals surface area (Å²) >= 11 is 0. The molecule has 0 radical (unpaired) electrons. The summed E-state index contributed by atoms with van der Waals surface area (Å²) < 4.78 is 0. The molecule has 2 rings (SSSR count). The van der Waals surface area contributed by atoms with E-state index in [2.05, 4.69) is 10.3 Å². The van der Waals surface area contributed by atoms with Crippen molar-refractivity contribution in [3.8, 4) is 0 Å². The van der Waals surface area contributed by atoms with Gasteiger partial charge in [0, 0.05) is 23.5 Å². The van der Waals surface area contributed by atoms with Gasteiger partial charge in [0.25, 0.3) is 5.91 Å². The number of hydrogen-bond donors (Lipinski definition) is 2. The van der Waals surface area contributed by atoms with E-state index in [9.17, 15) is 9.59 Å². The van der Waals surface area contributed by atoms with E-state index in [4.69, 9.17) is 5.73 Å². The summed E-state index contributed by atoms with van der Waals surface area (Å²) in [5.74, 6) is -0.635. The monoisotopic (exact) mass is 276 g/mol. The third kappa shape index (κ3) is 3.54. The Morgan fingerprint density at radius 3 is 2.75 bits per heavy atom. The Bertz CT molecular complexity index is 498. The maximum absolute atomic E-state index is 12.6. The lowest BCUT2D eigenvalue weighted by molar-refractivity contribution is -0.119. The van der Waals surface area contributed by atoms with E-state index in [1.54, 1.807) is 23.2 Å². The molecule has 0 aliphatic carbocycles. The normalized spacial score (nSPS) is 15.8. The SMILES string of the molecule is Cc1cc(C(=O)N(CC(N)=O)C2CCNCC2)ccn1. The molecule has 0 bridgehead atoms. The third-order valence-electron chi connectivity index (χ3n) is 3.48. The van der Waals surface area contributed by atoms with Gasteiger partial charge in [-0.1, -0.05) is 0 Å². The van der Waals surface area contributed by atoms with Gasteiger partial charge in [-0.05, 0) is 45.0 Å². The Hall–Kier alpha value is -1.95. The van der Waals surface area contributed by atoms with Gasteiger partial charge in [-0.2, -0.15) is 0 Å². The van der Waals surface area contributed by atoms with Crippen LogP contribution in [-0.2, 0) is 4.79 Å². The number of carbonyl (C=O) groups excluding carboxylic acids is 2. The Labute approximate surface area is 118 Å². The summed E-state index contributed by atoms with van der Waals surface area (Å²) in [6.45, 7) is 3.50. The van der Waals surface area contributed by atoms with Crippen molar-refractivity contribution in [1.82, 2.24) is 15.2 Å². The summed E-state index contributed by atoms with van der Waals surface area (Å²) in [5, 5.41) is 3.25. The number of nitrogens with two attached hydrogens (primary N) is 1. The van der Waals surface area contributed by atoms with E-state index in [0.717, 1.165) is 31.6 Å². The van der Waals surface area contributed by atoms with Crippen LogP contribution in [0.5, 0.6) is 0 Å². The first-order valence-electron chi connectivity index (χ1n) is 6.80. The van der Waals surface area contributed by atoms with Gasteiger partial charge in [0.15, 0.2) is 0 Å². The average molecular weight is 276 g/mol. The summed E-state index contributed by atoms with van der Waals surface area (Å²) in [5.41, 5.74) is 6.62. The Kier molecular flexibility index (Phi) is 4.68. The second-order valence-electron chi connectivity index (χ2n) is 5.07. The lowest BCUT2D eigenvalue weighted by atomic mass is 10.0. The van der Waals surface area contributed by atoms with Crippen molar-refractivity contribution in [3.63, 3.8) is 0 Å². The number of hydrogen-bond acceptors (Lipinski definition) is 4. The van der Waals surface area contributed by atoms with Crippen LogP contribution in [-0.4, -0.2) is 47.4 Å². The summed E-state index contributed by atoms with van der Waals surface area (Å²) in [7, 11) is 0. The predicted molar refractivity (Wildman–Crippen MR) is 75.1 cm³/mol. The summed E-state index contributed by atoms with van der Waals surface area (Å²) in [6, 6.07) is 3.46. The molecule has 108 valence electrons. The number of aromatic nitrogens is 1. The molecule has 1 aromatic heterocycles. The van der Waals surface area contributed by atoms with Gasteiger partial charge < -0.3 is 16.0 Å². The van der Waals surface area contributed by atoms with Crippen molar-refractivity contribution in [2.75, 3.05) is 19.6 Å². The molecular formula is C14H20N4O2. The lowest BCUT2D eigenvalue weighted by Crippen LogP contribution is -2.49. The first kappa shape index (κ1) is 14.5.